The molecule has 0 aliphatic rings. The van der Waals surface area contributed by atoms with Crippen LogP contribution in [0.4, 0.5) is 5.82 Å². The lowest BCUT2D eigenvalue weighted by molar-refractivity contribution is 0.318. The maximum Gasteiger partial charge on any atom is 0.173 e. The summed E-state index contributed by atoms with van der Waals surface area (Å²) in [6.07, 6.45) is 1.67. The summed E-state index contributed by atoms with van der Waals surface area (Å²) in [6, 6.07) is 11.1. The highest BCUT2D eigenvalue weighted by atomic mass is 35.5. The third-order valence-electron chi connectivity index (χ3n) is 3.44. The van der Waals surface area contributed by atoms with Crippen molar-refractivity contribution in [3.63, 3.8) is 0 Å². The van der Waals surface area contributed by atoms with E-state index in [4.69, 9.17) is 22.5 Å². The number of benzene rings is 1. The van der Waals surface area contributed by atoms with Crippen molar-refractivity contribution in [1.82, 2.24) is 4.98 Å². The number of hydrogen-bond acceptors (Lipinski definition) is 4. The van der Waals surface area contributed by atoms with Gasteiger partial charge in [0.2, 0.25) is 0 Å². The highest BCUT2D eigenvalue weighted by Crippen LogP contribution is 2.30. The first-order valence-electron chi connectivity index (χ1n) is 6.46. The smallest absolute Gasteiger partial charge is 0.173 e. The zero-order valence-electron chi connectivity index (χ0n) is 11.9. The van der Waals surface area contributed by atoms with Gasteiger partial charge in [-0.25, -0.2) is 4.98 Å². The van der Waals surface area contributed by atoms with Gasteiger partial charge in [0.1, 0.15) is 5.82 Å². The Morgan fingerprint density at radius 1 is 1.33 bits per heavy atom. The van der Waals surface area contributed by atoms with Crippen LogP contribution in [0.3, 0.4) is 0 Å². The zero-order valence-corrected chi connectivity index (χ0v) is 12.6. The van der Waals surface area contributed by atoms with Gasteiger partial charge < -0.3 is 15.8 Å². The summed E-state index contributed by atoms with van der Waals surface area (Å²) in [6.45, 7) is 2.02. The van der Waals surface area contributed by atoms with E-state index < -0.39 is 0 Å². The van der Waals surface area contributed by atoms with Crippen molar-refractivity contribution in [2.45, 2.75) is 13.0 Å². The van der Waals surface area contributed by atoms with E-state index in [2.05, 4.69) is 10.1 Å². The predicted octanol–water partition coefficient (Wildman–Crippen LogP) is 3.03. The maximum atomic E-state index is 8.89. The highest BCUT2D eigenvalue weighted by Gasteiger charge is 2.19. The number of pyridine rings is 1. The number of nitrogens with zero attached hydrogens (tertiary/aromatic N) is 3. The van der Waals surface area contributed by atoms with Crippen molar-refractivity contribution in [1.29, 1.82) is 0 Å². The van der Waals surface area contributed by atoms with Crippen LogP contribution in [0.1, 0.15) is 24.1 Å². The first-order chi connectivity index (χ1) is 10.1. The molecule has 1 atom stereocenters. The van der Waals surface area contributed by atoms with Crippen LogP contribution in [-0.2, 0) is 0 Å². The molecule has 0 spiro atoms. The molecule has 1 heterocycles. The Bertz CT molecular complexity index is 660. The number of nitrogens with two attached hydrogens (primary N) is 1. The summed E-state index contributed by atoms with van der Waals surface area (Å²) in [5.41, 5.74) is 7.26. The normalized spacial score (nSPS) is 13.0. The van der Waals surface area contributed by atoms with E-state index in [1.807, 2.05) is 43.1 Å². The molecule has 3 N–H and O–H groups in total. The number of aromatic nitrogens is 1. The van der Waals surface area contributed by atoms with E-state index in [1.165, 1.54) is 0 Å². The van der Waals surface area contributed by atoms with E-state index >= 15 is 0 Å². The summed E-state index contributed by atoms with van der Waals surface area (Å²) in [5, 5.41) is 12.6. The van der Waals surface area contributed by atoms with Crippen LogP contribution >= 0.6 is 11.6 Å². The first-order valence-corrected chi connectivity index (χ1v) is 6.84. The van der Waals surface area contributed by atoms with E-state index in [9.17, 15) is 0 Å². The van der Waals surface area contributed by atoms with E-state index in [0.29, 0.717) is 16.4 Å². The lowest BCUT2D eigenvalue weighted by atomic mass is 10.1. The average Bonchev–Trinajstić information content (AvgIpc) is 2.53. The van der Waals surface area contributed by atoms with Gasteiger partial charge in [-0.15, -0.1) is 0 Å². The highest BCUT2D eigenvalue weighted by molar-refractivity contribution is 6.31. The minimum atomic E-state index is -0.0150. The molecule has 0 amide bonds. The lowest BCUT2D eigenvalue weighted by Crippen LogP contribution is -2.27. The van der Waals surface area contributed by atoms with Gasteiger partial charge in [0, 0.05) is 18.3 Å². The minimum absolute atomic E-state index is 0.0150. The Kier molecular flexibility index (Phi) is 4.65. The van der Waals surface area contributed by atoms with Crippen molar-refractivity contribution in [2.75, 3.05) is 11.9 Å². The average molecular weight is 305 g/mol. The molecule has 5 nitrogen and oxygen atoms in total. The van der Waals surface area contributed by atoms with Crippen molar-refractivity contribution >= 4 is 23.3 Å². The molecule has 2 aromatic rings. The molecule has 1 unspecified atom stereocenters. The molecule has 0 saturated heterocycles. The van der Waals surface area contributed by atoms with E-state index in [1.54, 1.807) is 18.3 Å². The Hall–Kier alpha value is -2.27. The van der Waals surface area contributed by atoms with Gasteiger partial charge in [-0.1, -0.05) is 35.0 Å². The largest absolute Gasteiger partial charge is 0.409 e. The molecular formula is C15H17ClN4O. The number of rotatable bonds is 4. The van der Waals surface area contributed by atoms with Gasteiger partial charge in [0.25, 0.3) is 0 Å². The van der Waals surface area contributed by atoms with Gasteiger partial charge in [-0.3, -0.25) is 0 Å². The minimum Gasteiger partial charge on any atom is -0.409 e. The molecule has 0 aliphatic heterocycles. The predicted molar refractivity (Wildman–Crippen MR) is 85.0 cm³/mol. The molecular weight excluding hydrogens is 288 g/mol. The molecule has 1 aromatic carbocycles. The lowest BCUT2D eigenvalue weighted by Gasteiger charge is -2.28. The fourth-order valence-corrected chi connectivity index (χ4v) is 2.43. The third-order valence-corrected chi connectivity index (χ3v) is 3.78. The molecule has 21 heavy (non-hydrogen) atoms. The molecule has 0 aliphatic carbocycles. The summed E-state index contributed by atoms with van der Waals surface area (Å²) >= 11 is 6.24. The Labute approximate surface area is 128 Å². The second kappa shape index (κ2) is 6.45. The summed E-state index contributed by atoms with van der Waals surface area (Å²) in [7, 11) is 1.89. The molecule has 110 valence electrons. The fraction of sp³-hybridized carbons (Fsp3) is 0.200. The number of amidine groups is 1. The SMILES string of the molecule is CC(c1ccccc1Cl)N(C)c1ncccc1C(N)=NO. The second-order valence-corrected chi connectivity index (χ2v) is 5.08. The van der Waals surface area contributed by atoms with Gasteiger partial charge in [0.05, 0.1) is 11.6 Å². The topological polar surface area (TPSA) is 74.7 Å². The van der Waals surface area contributed by atoms with Crippen LogP contribution < -0.4 is 10.6 Å². The molecule has 0 radical (unpaired) electrons. The second-order valence-electron chi connectivity index (χ2n) is 4.67. The number of anilines is 1. The van der Waals surface area contributed by atoms with Gasteiger partial charge >= 0.3 is 0 Å². The van der Waals surface area contributed by atoms with Gasteiger partial charge in [-0.05, 0) is 30.7 Å². The number of hydrogen-bond donors (Lipinski definition) is 2. The summed E-state index contributed by atoms with van der Waals surface area (Å²) in [5.74, 6) is 0.650. The Morgan fingerprint density at radius 3 is 2.71 bits per heavy atom. The van der Waals surface area contributed by atoms with Crippen molar-refractivity contribution in [3.8, 4) is 0 Å². The van der Waals surface area contributed by atoms with E-state index in [-0.39, 0.29) is 11.9 Å². The molecule has 0 fully saturated rings. The monoisotopic (exact) mass is 304 g/mol. The molecule has 0 saturated carbocycles. The molecule has 1 aromatic heterocycles. The molecule has 0 bridgehead atoms. The number of oxime groups is 1. The van der Waals surface area contributed by atoms with Crippen LogP contribution in [0.5, 0.6) is 0 Å². The molecule has 2 rings (SSSR count). The standard InChI is InChI=1S/C15H17ClN4O/c1-10(11-6-3-4-8-13(11)16)20(2)15-12(14(17)19-21)7-5-9-18-15/h3-10,21H,1-2H3,(H2,17,19). The fourth-order valence-electron chi connectivity index (χ4n) is 2.14. The zero-order chi connectivity index (χ0) is 15.4. The number of halogens is 1. The molecule has 6 heteroatoms. The summed E-state index contributed by atoms with van der Waals surface area (Å²) < 4.78 is 0. The van der Waals surface area contributed by atoms with Gasteiger partial charge in [0.15, 0.2) is 5.84 Å². The van der Waals surface area contributed by atoms with Crippen molar-refractivity contribution < 1.29 is 5.21 Å². The van der Waals surface area contributed by atoms with Gasteiger partial charge in [-0.2, -0.15) is 0 Å². The third kappa shape index (κ3) is 3.08. The van der Waals surface area contributed by atoms with Crippen LogP contribution in [0.2, 0.25) is 5.02 Å². The van der Waals surface area contributed by atoms with Crippen molar-refractivity contribution in [2.24, 2.45) is 10.9 Å². The van der Waals surface area contributed by atoms with Crippen molar-refractivity contribution in [3.05, 3.63) is 58.7 Å². The quantitative estimate of drug-likeness (QED) is 0.394. The first kappa shape index (κ1) is 15.1. The summed E-state index contributed by atoms with van der Waals surface area (Å²) in [4.78, 5) is 6.27. The van der Waals surface area contributed by atoms with E-state index in [0.717, 1.165) is 5.56 Å². The maximum absolute atomic E-state index is 8.89. The van der Waals surface area contributed by atoms with Crippen LogP contribution in [0.25, 0.3) is 0 Å². The Balaban J connectivity index is 2.41. The van der Waals surface area contributed by atoms with Crippen LogP contribution in [0, 0.1) is 0 Å². The van der Waals surface area contributed by atoms with Crippen LogP contribution in [-0.4, -0.2) is 23.1 Å². The Morgan fingerprint density at radius 2 is 2.05 bits per heavy atom. The van der Waals surface area contributed by atoms with Crippen LogP contribution in [0.15, 0.2) is 47.8 Å².